The van der Waals surface area contributed by atoms with Gasteiger partial charge in [0.2, 0.25) is 15.9 Å². The Morgan fingerprint density at radius 3 is 2.53 bits per heavy atom. The normalized spacial score (nSPS) is 18.7. The van der Waals surface area contributed by atoms with Crippen molar-refractivity contribution in [1.29, 1.82) is 0 Å². The van der Waals surface area contributed by atoms with Crippen molar-refractivity contribution in [3.05, 3.63) is 70.7 Å². The highest BCUT2D eigenvalue weighted by Crippen LogP contribution is 2.22. The molecule has 2 aromatic carbocycles. The molecule has 1 aliphatic heterocycles. The third kappa shape index (κ3) is 6.56. The van der Waals surface area contributed by atoms with Gasteiger partial charge in [0.15, 0.2) is 0 Å². The number of hydrogen-bond acceptors (Lipinski definition) is 3. The number of carbonyl (C=O) groups is 1. The molecule has 0 bridgehead atoms. The topological polar surface area (TPSA) is 66.5 Å². The number of aryl methyl sites for hydroxylation is 1. The maximum atomic E-state index is 12.9. The van der Waals surface area contributed by atoms with E-state index >= 15 is 0 Å². The predicted molar refractivity (Wildman–Crippen MR) is 121 cm³/mol. The highest BCUT2D eigenvalue weighted by molar-refractivity contribution is 7.88. The highest BCUT2D eigenvalue weighted by atomic mass is 35.5. The van der Waals surface area contributed by atoms with Crippen molar-refractivity contribution in [1.82, 2.24) is 9.62 Å². The molecule has 5 nitrogen and oxygen atoms in total. The largest absolute Gasteiger partial charge is 0.353 e. The van der Waals surface area contributed by atoms with Gasteiger partial charge in [0.05, 0.1) is 11.7 Å². The molecule has 0 saturated carbocycles. The first-order valence-corrected chi connectivity index (χ1v) is 12.4. The molecule has 2 aromatic rings. The fraction of sp³-hybridized carbons (Fsp3) is 0.435. The summed E-state index contributed by atoms with van der Waals surface area (Å²) >= 11 is 5.88. The number of sulfonamides is 1. The van der Waals surface area contributed by atoms with Gasteiger partial charge >= 0.3 is 0 Å². The second-order valence-corrected chi connectivity index (χ2v) is 10.4. The van der Waals surface area contributed by atoms with Crippen molar-refractivity contribution in [2.45, 2.75) is 44.4 Å². The Bertz CT molecular complexity index is 933. The van der Waals surface area contributed by atoms with Crippen LogP contribution in [0, 0.1) is 5.92 Å². The van der Waals surface area contributed by atoms with Crippen LogP contribution in [0.15, 0.2) is 54.6 Å². The maximum absolute atomic E-state index is 12.9. The number of benzene rings is 2. The van der Waals surface area contributed by atoms with Crippen molar-refractivity contribution >= 4 is 27.5 Å². The van der Waals surface area contributed by atoms with Crippen molar-refractivity contribution in [3.63, 3.8) is 0 Å². The number of nitrogens with zero attached hydrogens (tertiary/aromatic N) is 1. The molecule has 0 spiro atoms. The van der Waals surface area contributed by atoms with Crippen LogP contribution in [0.4, 0.5) is 0 Å². The molecule has 0 unspecified atom stereocenters. The molecule has 1 fully saturated rings. The Morgan fingerprint density at radius 2 is 1.83 bits per heavy atom. The van der Waals surface area contributed by atoms with Crippen molar-refractivity contribution < 1.29 is 13.2 Å². The molecule has 1 N–H and O–H groups in total. The Balaban J connectivity index is 1.52. The van der Waals surface area contributed by atoms with Crippen molar-refractivity contribution in [2.75, 3.05) is 13.1 Å². The SMILES string of the molecule is C[C@H](CCc1ccccc1)NC(=O)[C@H]1CCCN(S(=O)(=O)Cc2ccc(Cl)cc2)C1. The summed E-state index contributed by atoms with van der Waals surface area (Å²) in [6.07, 6.45) is 3.15. The predicted octanol–water partition coefficient (Wildman–Crippen LogP) is 4.02. The van der Waals surface area contributed by atoms with Crippen LogP contribution in [0.3, 0.4) is 0 Å². The summed E-state index contributed by atoms with van der Waals surface area (Å²) in [6.45, 7) is 2.70. The van der Waals surface area contributed by atoms with Crippen LogP contribution in [-0.2, 0) is 27.0 Å². The second-order valence-electron chi connectivity index (χ2n) is 8.01. The molecular formula is C23H29ClN2O3S. The summed E-state index contributed by atoms with van der Waals surface area (Å²) in [5, 5.41) is 3.65. The van der Waals surface area contributed by atoms with Crippen molar-refractivity contribution in [2.24, 2.45) is 5.92 Å². The lowest BCUT2D eigenvalue weighted by Crippen LogP contribution is -2.47. The first-order chi connectivity index (χ1) is 14.3. The smallest absolute Gasteiger partial charge is 0.224 e. The van der Waals surface area contributed by atoms with Crippen LogP contribution in [-0.4, -0.2) is 37.8 Å². The molecule has 2 atom stereocenters. The van der Waals surface area contributed by atoms with E-state index in [0.717, 1.165) is 12.8 Å². The lowest BCUT2D eigenvalue weighted by molar-refractivity contribution is -0.126. The lowest BCUT2D eigenvalue weighted by Gasteiger charge is -2.32. The van der Waals surface area contributed by atoms with Gasteiger partial charge in [-0.05, 0) is 55.9 Å². The molecule has 1 saturated heterocycles. The standard InChI is InChI=1S/C23H29ClN2O3S/c1-18(9-10-19-6-3-2-4-7-19)25-23(27)21-8-5-15-26(16-21)30(28,29)17-20-11-13-22(24)14-12-20/h2-4,6-7,11-14,18,21H,5,8-10,15-17H2,1H3,(H,25,27)/t18-,21+/m1/s1. The van der Waals surface area contributed by atoms with Crippen LogP contribution in [0.1, 0.15) is 37.3 Å². The third-order valence-electron chi connectivity index (χ3n) is 5.51. The number of rotatable bonds is 8. The average molecular weight is 449 g/mol. The van der Waals surface area contributed by atoms with E-state index in [1.165, 1.54) is 9.87 Å². The number of piperidine rings is 1. The van der Waals surface area contributed by atoms with Crippen LogP contribution in [0.2, 0.25) is 5.02 Å². The molecule has 0 aliphatic carbocycles. The summed E-state index contributed by atoms with van der Waals surface area (Å²) in [4.78, 5) is 12.7. The molecule has 7 heteroatoms. The Labute approximate surface area is 184 Å². The number of hydrogen-bond donors (Lipinski definition) is 1. The van der Waals surface area contributed by atoms with Crippen LogP contribution in [0.5, 0.6) is 0 Å². The van der Waals surface area contributed by atoms with E-state index in [2.05, 4.69) is 17.4 Å². The van der Waals surface area contributed by atoms with Gasteiger partial charge in [0.1, 0.15) is 0 Å². The Morgan fingerprint density at radius 1 is 1.13 bits per heavy atom. The molecule has 0 aromatic heterocycles. The Kier molecular flexibility index (Phi) is 7.92. The number of halogens is 1. The van der Waals surface area contributed by atoms with Gasteiger partial charge in [-0.1, -0.05) is 54.1 Å². The maximum Gasteiger partial charge on any atom is 0.224 e. The van der Waals surface area contributed by atoms with E-state index in [1.807, 2.05) is 25.1 Å². The molecular weight excluding hydrogens is 420 g/mol. The first kappa shape index (κ1) is 22.8. The molecule has 3 rings (SSSR count). The molecule has 1 aliphatic rings. The van der Waals surface area contributed by atoms with Crippen LogP contribution < -0.4 is 5.32 Å². The summed E-state index contributed by atoms with van der Waals surface area (Å²) in [6, 6.07) is 17.1. The second kappa shape index (κ2) is 10.4. The molecule has 162 valence electrons. The van der Waals surface area contributed by atoms with E-state index in [1.54, 1.807) is 24.3 Å². The summed E-state index contributed by atoms with van der Waals surface area (Å²) in [7, 11) is -3.48. The van der Waals surface area contributed by atoms with Crippen molar-refractivity contribution in [3.8, 4) is 0 Å². The fourth-order valence-electron chi connectivity index (χ4n) is 3.75. The summed E-state index contributed by atoms with van der Waals surface area (Å²) in [5.74, 6) is -0.439. The van der Waals surface area contributed by atoms with E-state index in [-0.39, 0.29) is 30.2 Å². The molecule has 30 heavy (non-hydrogen) atoms. The Hall–Kier alpha value is -1.89. The molecule has 1 heterocycles. The van der Waals surface area contributed by atoms with E-state index in [9.17, 15) is 13.2 Å². The van der Waals surface area contributed by atoms with Crippen LogP contribution >= 0.6 is 11.6 Å². The van der Waals surface area contributed by atoms with Gasteiger partial charge in [-0.25, -0.2) is 12.7 Å². The molecule has 0 radical (unpaired) electrons. The fourth-order valence-corrected chi connectivity index (χ4v) is 5.49. The summed E-state index contributed by atoms with van der Waals surface area (Å²) < 4.78 is 27.2. The number of nitrogens with one attached hydrogen (secondary N) is 1. The van der Waals surface area contributed by atoms with Crippen LogP contribution in [0.25, 0.3) is 0 Å². The number of carbonyl (C=O) groups excluding carboxylic acids is 1. The zero-order chi connectivity index (χ0) is 21.6. The minimum absolute atomic E-state index is 0.0405. The zero-order valence-corrected chi connectivity index (χ0v) is 18.8. The third-order valence-corrected chi connectivity index (χ3v) is 7.58. The quantitative estimate of drug-likeness (QED) is 0.663. The van der Waals surface area contributed by atoms with Gasteiger partial charge in [0.25, 0.3) is 0 Å². The first-order valence-electron chi connectivity index (χ1n) is 10.4. The highest BCUT2D eigenvalue weighted by Gasteiger charge is 2.32. The zero-order valence-electron chi connectivity index (χ0n) is 17.3. The van der Waals surface area contributed by atoms with E-state index < -0.39 is 10.0 Å². The van der Waals surface area contributed by atoms with Gasteiger partial charge < -0.3 is 5.32 Å². The van der Waals surface area contributed by atoms with E-state index in [0.29, 0.717) is 30.0 Å². The van der Waals surface area contributed by atoms with Gasteiger partial charge in [-0.15, -0.1) is 0 Å². The average Bonchev–Trinajstić information content (AvgIpc) is 2.74. The summed E-state index contributed by atoms with van der Waals surface area (Å²) in [5.41, 5.74) is 1.94. The van der Waals surface area contributed by atoms with Gasteiger partial charge in [-0.3, -0.25) is 4.79 Å². The minimum atomic E-state index is -3.48. The lowest BCUT2D eigenvalue weighted by atomic mass is 9.98. The van der Waals surface area contributed by atoms with Gasteiger partial charge in [0, 0.05) is 24.2 Å². The minimum Gasteiger partial charge on any atom is -0.353 e. The number of amides is 1. The monoisotopic (exact) mass is 448 g/mol. The molecule has 1 amide bonds. The van der Waals surface area contributed by atoms with Gasteiger partial charge in [-0.2, -0.15) is 0 Å². The van der Waals surface area contributed by atoms with E-state index in [4.69, 9.17) is 11.6 Å².